The predicted molar refractivity (Wildman–Crippen MR) is 95.9 cm³/mol. The molecule has 0 spiro atoms. The van der Waals surface area contributed by atoms with E-state index >= 15 is 0 Å². The fraction of sp³-hybridized carbons (Fsp3) is 0.316. The molecule has 1 aliphatic heterocycles. The highest BCUT2D eigenvalue weighted by molar-refractivity contribution is 5.93. The van der Waals surface area contributed by atoms with Crippen molar-refractivity contribution in [1.82, 2.24) is 0 Å². The van der Waals surface area contributed by atoms with Gasteiger partial charge >= 0.3 is 0 Å². The van der Waals surface area contributed by atoms with Crippen LogP contribution in [0.5, 0.6) is 28.7 Å². The van der Waals surface area contributed by atoms with Crippen LogP contribution in [0.15, 0.2) is 30.3 Å². The van der Waals surface area contributed by atoms with Gasteiger partial charge in [0.1, 0.15) is 13.2 Å². The number of fused-ring (bicyclic) bond motifs is 1. The van der Waals surface area contributed by atoms with Crippen LogP contribution >= 0.6 is 0 Å². The van der Waals surface area contributed by atoms with Gasteiger partial charge in [0.2, 0.25) is 11.7 Å². The van der Waals surface area contributed by atoms with Crippen molar-refractivity contribution >= 4 is 11.6 Å². The van der Waals surface area contributed by atoms with Gasteiger partial charge in [-0.3, -0.25) is 4.79 Å². The average molecular weight is 359 g/mol. The summed E-state index contributed by atoms with van der Waals surface area (Å²) in [7, 11) is 4.60. The Morgan fingerprint density at radius 2 is 1.69 bits per heavy atom. The van der Waals surface area contributed by atoms with E-state index in [1.807, 2.05) is 0 Å². The Morgan fingerprint density at radius 1 is 0.962 bits per heavy atom. The molecule has 7 nitrogen and oxygen atoms in total. The number of carbonyl (C=O) groups excluding carboxylic acids is 1. The lowest BCUT2D eigenvalue weighted by Crippen LogP contribution is -2.17. The number of carbonyl (C=O) groups is 1. The van der Waals surface area contributed by atoms with Crippen LogP contribution in [-0.4, -0.2) is 40.5 Å². The normalized spacial score (nSPS) is 12.3. The summed E-state index contributed by atoms with van der Waals surface area (Å²) < 4.78 is 27.0. The first-order valence-electron chi connectivity index (χ1n) is 8.13. The highest BCUT2D eigenvalue weighted by Crippen LogP contribution is 2.40. The van der Waals surface area contributed by atoms with Crippen molar-refractivity contribution in [2.24, 2.45) is 0 Å². The molecule has 0 saturated carbocycles. The second-order valence-corrected chi connectivity index (χ2v) is 5.58. The standard InChI is InChI=1S/C19H21NO6/c1-22-15-6-4-12(18(23-2)19(15)24-3)10-17(21)20-13-5-7-14-16(11-13)26-9-8-25-14/h4-7,11H,8-10H2,1-3H3,(H,20,21). The van der Waals surface area contributed by atoms with Gasteiger partial charge in [-0.05, 0) is 18.2 Å². The van der Waals surface area contributed by atoms with Crippen LogP contribution in [0.4, 0.5) is 5.69 Å². The van der Waals surface area contributed by atoms with Crippen molar-refractivity contribution in [3.05, 3.63) is 35.9 Å². The molecule has 0 fully saturated rings. The smallest absolute Gasteiger partial charge is 0.228 e. The first-order chi connectivity index (χ1) is 12.7. The Labute approximate surface area is 151 Å². The lowest BCUT2D eigenvalue weighted by Gasteiger charge is -2.19. The van der Waals surface area contributed by atoms with Crippen molar-refractivity contribution in [1.29, 1.82) is 0 Å². The number of benzene rings is 2. The molecule has 2 aromatic carbocycles. The van der Waals surface area contributed by atoms with Crippen molar-refractivity contribution in [2.45, 2.75) is 6.42 Å². The molecule has 0 bridgehead atoms. The van der Waals surface area contributed by atoms with E-state index in [2.05, 4.69) is 5.32 Å². The largest absolute Gasteiger partial charge is 0.493 e. The van der Waals surface area contributed by atoms with Crippen LogP contribution in [0.3, 0.4) is 0 Å². The van der Waals surface area contributed by atoms with Gasteiger partial charge in [0.05, 0.1) is 27.8 Å². The molecule has 0 unspecified atom stereocenters. The van der Waals surface area contributed by atoms with Gasteiger partial charge in [0.25, 0.3) is 0 Å². The van der Waals surface area contributed by atoms with Gasteiger partial charge in [0.15, 0.2) is 23.0 Å². The van der Waals surface area contributed by atoms with Crippen LogP contribution < -0.4 is 29.0 Å². The van der Waals surface area contributed by atoms with Crippen LogP contribution in [-0.2, 0) is 11.2 Å². The van der Waals surface area contributed by atoms with Crippen molar-refractivity contribution in [3.8, 4) is 28.7 Å². The first kappa shape index (κ1) is 17.7. The zero-order valence-corrected chi connectivity index (χ0v) is 15.0. The molecule has 0 saturated heterocycles. The highest BCUT2D eigenvalue weighted by Gasteiger charge is 2.18. The van der Waals surface area contributed by atoms with E-state index < -0.39 is 0 Å². The Hall–Kier alpha value is -3.09. The van der Waals surface area contributed by atoms with E-state index in [4.69, 9.17) is 23.7 Å². The molecule has 0 radical (unpaired) electrons. The molecule has 0 atom stereocenters. The number of methoxy groups -OCH3 is 3. The molecule has 7 heteroatoms. The minimum atomic E-state index is -0.188. The summed E-state index contributed by atoms with van der Waals surface area (Å²) in [6.07, 6.45) is 0.123. The molecule has 1 heterocycles. The molecule has 1 amide bonds. The Kier molecular flexibility index (Phi) is 5.36. The molecular formula is C19H21NO6. The zero-order chi connectivity index (χ0) is 18.5. The van der Waals surface area contributed by atoms with E-state index in [1.54, 1.807) is 37.4 Å². The van der Waals surface area contributed by atoms with E-state index in [-0.39, 0.29) is 12.3 Å². The molecule has 1 N–H and O–H groups in total. The fourth-order valence-electron chi connectivity index (χ4n) is 2.80. The Morgan fingerprint density at radius 3 is 2.38 bits per heavy atom. The van der Waals surface area contributed by atoms with E-state index in [9.17, 15) is 4.79 Å². The number of rotatable bonds is 6. The first-order valence-corrected chi connectivity index (χ1v) is 8.13. The zero-order valence-electron chi connectivity index (χ0n) is 15.0. The lowest BCUT2D eigenvalue weighted by molar-refractivity contribution is -0.115. The minimum absolute atomic E-state index is 0.123. The number of ether oxygens (including phenoxy) is 5. The number of anilines is 1. The minimum Gasteiger partial charge on any atom is -0.493 e. The third kappa shape index (κ3) is 3.61. The number of hydrogen-bond donors (Lipinski definition) is 1. The maximum atomic E-state index is 12.5. The summed E-state index contributed by atoms with van der Waals surface area (Å²) in [5, 5.41) is 2.86. The van der Waals surface area contributed by atoms with Crippen molar-refractivity contribution in [3.63, 3.8) is 0 Å². The maximum Gasteiger partial charge on any atom is 0.228 e. The highest BCUT2D eigenvalue weighted by atomic mass is 16.6. The number of nitrogens with one attached hydrogen (secondary N) is 1. The van der Waals surface area contributed by atoms with Crippen LogP contribution in [0, 0.1) is 0 Å². The Balaban J connectivity index is 1.76. The summed E-state index contributed by atoms with van der Waals surface area (Å²) >= 11 is 0. The molecular weight excluding hydrogens is 338 g/mol. The van der Waals surface area contributed by atoms with Crippen LogP contribution in [0.25, 0.3) is 0 Å². The monoisotopic (exact) mass is 359 g/mol. The van der Waals surface area contributed by atoms with Crippen LogP contribution in [0.2, 0.25) is 0 Å². The summed E-state index contributed by atoms with van der Waals surface area (Å²) in [6.45, 7) is 1.02. The molecule has 0 aromatic heterocycles. The van der Waals surface area contributed by atoms with Crippen molar-refractivity contribution < 1.29 is 28.5 Å². The van der Waals surface area contributed by atoms with Gasteiger partial charge < -0.3 is 29.0 Å². The summed E-state index contributed by atoms with van der Waals surface area (Å²) in [4.78, 5) is 12.5. The molecule has 138 valence electrons. The molecule has 26 heavy (non-hydrogen) atoms. The second-order valence-electron chi connectivity index (χ2n) is 5.58. The fourth-order valence-corrected chi connectivity index (χ4v) is 2.80. The number of hydrogen-bond acceptors (Lipinski definition) is 6. The van der Waals surface area contributed by atoms with E-state index in [1.165, 1.54) is 14.2 Å². The molecule has 1 aliphatic rings. The predicted octanol–water partition coefficient (Wildman–Crippen LogP) is 2.66. The van der Waals surface area contributed by atoms with Gasteiger partial charge in [0, 0.05) is 17.3 Å². The molecule has 3 rings (SSSR count). The summed E-state index contributed by atoms with van der Waals surface area (Å²) in [5.41, 5.74) is 1.33. The molecule has 2 aromatic rings. The summed E-state index contributed by atoms with van der Waals surface area (Å²) in [5.74, 6) is 2.59. The van der Waals surface area contributed by atoms with Gasteiger partial charge in [-0.1, -0.05) is 6.07 Å². The van der Waals surface area contributed by atoms with Gasteiger partial charge in [-0.25, -0.2) is 0 Å². The molecule has 0 aliphatic carbocycles. The van der Waals surface area contributed by atoms with E-state index in [0.29, 0.717) is 53.2 Å². The lowest BCUT2D eigenvalue weighted by atomic mass is 10.1. The third-order valence-corrected chi connectivity index (χ3v) is 3.96. The maximum absolute atomic E-state index is 12.5. The number of amides is 1. The third-order valence-electron chi connectivity index (χ3n) is 3.96. The average Bonchev–Trinajstić information content (AvgIpc) is 2.67. The van der Waals surface area contributed by atoms with Crippen LogP contribution in [0.1, 0.15) is 5.56 Å². The van der Waals surface area contributed by atoms with E-state index in [0.717, 1.165) is 0 Å². The SMILES string of the molecule is COc1ccc(CC(=O)Nc2ccc3c(c2)OCCO3)c(OC)c1OC. The van der Waals surface area contributed by atoms with Gasteiger partial charge in [-0.2, -0.15) is 0 Å². The topological polar surface area (TPSA) is 75.3 Å². The van der Waals surface area contributed by atoms with Gasteiger partial charge in [-0.15, -0.1) is 0 Å². The second kappa shape index (κ2) is 7.86. The summed E-state index contributed by atoms with van der Waals surface area (Å²) in [6, 6.07) is 8.83. The Bertz CT molecular complexity index is 805. The quantitative estimate of drug-likeness (QED) is 0.855. The van der Waals surface area contributed by atoms with Crippen molar-refractivity contribution in [2.75, 3.05) is 39.9 Å².